The van der Waals surface area contributed by atoms with Crippen LogP contribution in [0, 0.1) is 0 Å². The number of allylic oxidation sites excluding steroid dienone is 1. The Balaban J connectivity index is 2.07. The van der Waals surface area contributed by atoms with Crippen LogP contribution in [0.25, 0.3) is 0 Å². The summed E-state index contributed by atoms with van der Waals surface area (Å²) < 4.78 is 0. The minimum Gasteiger partial charge on any atom is -0.388 e. The number of rotatable bonds is 3. The van der Waals surface area contributed by atoms with Gasteiger partial charge in [0.25, 0.3) is 0 Å². The third-order valence-electron chi connectivity index (χ3n) is 4.00. The first-order valence-electron chi connectivity index (χ1n) is 7.21. The van der Waals surface area contributed by atoms with Gasteiger partial charge in [0, 0.05) is 5.92 Å². The lowest BCUT2D eigenvalue weighted by atomic mass is 9.87. The van der Waals surface area contributed by atoms with Crippen molar-refractivity contribution in [3.63, 3.8) is 0 Å². The highest BCUT2D eigenvalue weighted by atomic mass is 16.3. The Labute approximate surface area is 111 Å². The van der Waals surface area contributed by atoms with Crippen molar-refractivity contribution in [3.8, 4) is 0 Å². The summed E-state index contributed by atoms with van der Waals surface area (Å²) in [5.41, 5.74) is 2.49. The number of hydrogen-bond acceptors (Lipinski definition) is 1. The second kappa shape index (κ2) is 6.75. The minimum atomic E-state index is -0.314. The van der Waals surface area contributed by atoms with Crippen molar-refractivity contribution in [3.05, 3.63) is 47.5 Å². The first kappa shape index (κ1) is 13.4. The fourth-order valence-electron chi connectivity index (χ4n) is 2.75. The zero-order valence-electron chi connectivity index (χ0n) is 11.3. The Hall–Kier alpha value is -1.08. The predicted octanol–water partition coefficient (Wildman–Crippen LogP) is 4.43. The lowest BCUT2D eigenvalue weighted by molar-refractivity contribution is 0.179. The molecule has 0 heterocycles. The lowest BCUT2D eigenvalue weighted by Gasteiger charge is -2.23. The first-order valence-corrected chi connectivity index (χ1v) is 7.21. The average Bonchev–Trinajstić information content (AvgIpc) is 2.38. The van der Waals surface area contributed by atoms with Crippen LogP contribution in [0.4, 0.5) is 0 Å². The maximum atomic E-state index is 10.5. The summed E-state index contributed by atoms with van der Waals surface area (Å²) in [4.78, 5) is 0. The summed E-state index contributed by atoms with van der Waals surface area (Å²) in [6, 6.07) is 10.3. The molecule has 18 heavy (non-hydrogen) atoms. The molecule has 2 unspecified atom stereocenters. The zero-order chi connectivity index (χ0) is 12.8. The molecule has 1 aliphatic carbocycles. The van der Waals surface area contributed by atoms with Crippen molar-refractivity contribution in [1.82, 2.24) is 0 Å². The SMILES string of the molecule is CC(c1ccccc1)C(O)/C1=C/CCCCCC1. The number of aliphatic hydroxyl groups is 1. The fourth-order valence-corrected chi connectivity index (χ4v) is 2.75. The molecular weight excluding hydrogens is 220 g/mol. The molecule has 2 atom stereocenters. The molecular formula is C17H24O. The van der Waals surface area contributed by atoms with Gasteiger partial charge in [-0.25, -0.2) is 0 Å². The molecule has 1 aromatic rings. The highest BCUT2D eigenvalue weighted by molar-refractivity contribution is 5.24. The van der Waals surface area contributed by atoms with E-state index in [1.807, 2.05) is 18.2 Å². The lowest BCUT2D eigenvalue weighted by Crippen LogP contribution is -2.19. The predicted molar refractivity (Wildman–Crippen MR) is 76.6 cm³/mol. The van der Waals surface area contributed by atoms with Crippen LogP contribution in [0.15, 0.2) is 42.0 Å². The van der Waals surface area contributed by atoms with E-state index < -0.39 is 0 Å². The third-order valence-corrected chi connectivity index (χ3v) is 4.00. The summed E-state index contributed by atoms with van der Waals surface area (Å²) in [7, 11) is 0. The molecule has 1 nitrogen and oxygen atoms in total. The molecule has 1 heteroatoms. The van der Waals surface area contributed by atoms with Crippen molar-refractivity contribution in [2.75, 3.05) is 0 Å². The zero-order valence-corrected chi connectivity index (χ0v) is 11.3. The van der Waals surface area contributed by atoms with Crippen LogP contribution < -0.4 is 0 Å². The highest BCUT2D eigenvalue weighted by Crippen LogP contribution is 2.28. The summed E-state index contributed by atoms with van der Waals surface area (Å²) in [6.45, 7) is 2.12. The van der Waals surface area contributed by atoms with Gasteiger partial charge in [-0.1, -0.05) is 56.2 Å². The maximum absolute atomic E-state index is 10.5. The van der Waals surface area contributed by atoms with E-state index >= 15 is 0 Å². The topological polar surface area (TPSA) is 20.2 Å². The molecule has 0 saturated carbocycles. The molecule has 2 rings (SSSR count). The van der Waals surface area contributed by atoms with Crippen LogP contribution in [-0.2, 0) is 0 Å². The van der Waals surface area contributed by atoms with Gasteiger partial charge in [0.1, 0.15) is 0 Å². The monoisotopic (exact) mass is 244 g/mol. The van der Waals surface area contributed by atoms with E-state index in [-0.39, 0.29) is 12.0 Å². The molecule has 0 spiro atoms. The first-order chi connectivity index (χ1) is 8.79. The van der Waals surface area contributed by atoms with Crippen molar-refractivity contribution in [2.45, 2.75) is 57.5 Å². The van der Waals surface area contributed by atoms with Crippen LogP contribution in [0.1, 0.15) is 56.9 Å². The Morgan fingerprint density at radius 2 is 1.72 bits per heavy atom. The molecule has 1 aromatic carbocycles. The Kier molecular flexibility index (Phi) is 5.00. The van der Waals surface area contributed by atoms with Gasteiger partial charge in [0.15, 0.2) is 0 Å². The molecule has 98 valence electrons. The van der Waals surface area contributed by atoms with Crippen LogP contribution in [0.5, 0.6) is 0 Å². The van der Waals surface area contributed by atoms with Gasteiger partial charge in [-0.2, -0.15) is 0 Å². The van der Waals surface area contributed by atoms with Crippen molar-refractivity contribution in [1.29, 1.82) is 0 Å². The van der Waals surface area contributed by atoms with E-state index in [0.29, 0.717) is 0 Å². The fraction of sp³-hybridized carbons (Fsp3) is 0.529. The van der Waals surface area contributed by atoms with Gasteiger partial charge in [-0.05, 0) is 36.8 Å². The standard InChI is InChI=1S/C17H24O/c1-14(15-10-8-5-9-11-15)17(18)16-12-6-3-2-4-7-13-16/h5,8-12,14,17-18H,2-4,6-7,13H2,1H3/b16-12+. The van der Waals surface area contributed by atoms with Crippen LogP contribution >= 0.6 is 0 Å². The highest BCUT2D eigenvalue weighted by Gasteiger charge is 2.20. The molecule has 0 saturated heterocycles. The van der Waals surface area contributed by atoms with E-state index in [1.54, 1.807) is 0 Å². The van der Waals surface area contributed by atoms with Gasteiger partial charge in [-0.15, -0.1) is 0 Å². The van der Waals surface area contributed by atoms with Gasteiger partial charge in [0.05, 0.1) is 6.10 Å². The normalized spacial score (nSPS) is 23.3. The smallest absolute Gasteiger partial charge is 0.0815 e. The number of aliphatic hydroxyl groups excluding tert-OH is 1. The van der Waals surface area contributed by atoms with Gasteiger partial charge < -0.3 is 5.11 Å². The Morgan fingerprint density at radius 3 is 2.50 bits per heavy atom. The minimum absolute atomic E-state index is 0.192. The average molecular weight is 244 g/mol. The number of hydrogen-bond donors (Lipinski definition) is 1. The van der Waals surface area contributed by atoms with Gasteiger partial charge >= 0.3 is 0 Å². The Morgan fingerprint density at radius 1 is 1.00 bits per heavy atom. The van der Waals surface area contributed by atoms with E-state index in [2.05, 4.69) is 25.1 Å². The van der Waals surface area contributed by atoms with E-state index in [1.165, 1.54) is 36.8 Å². The summed E-state index contributed by atoms with van der Waals surface area (Å²) in [5, 5.41) is 10.5. The molecule has 0 amide bonds. The third kappa shape index (κ3) is 3.46. The molecule has 0 radical (unpaired) electrons. The van der Waals surface area contributed by atoms with Gasteiger partial charge in [-0.3, -0.25) is 0 Å². The second-order valence-corrected chi connectivity index (χ2v) is 5.38. The molecule has 0 fully saturated rings. The Bertz CT molecular complexity index is 380. The van der Waals surface area contributed by atoms with E-state index in [4.69, 9.17) is 0 Å². The second-order valence-electron chi connectivity index (χ2n) is 5.38. The van der Waals surface area contributed by atoms with Crippen LogP contribution in [0.2, 0.25) is 0 Å². The molecule has 0 aromatic heterocycles. The van der Waals surface area contributed by atoms with Crippen molar-refractivity contribution < 1.29 is 5.11 Å². The molecule has 0 aliphatic heterocycles. The number of benzene rings is 1. The van der Waals surface area contributed by atoms with E-state index in [9.17, 15) is 5.11 Å². The molecule has 1 aliphatic rings. The van der Waals surface area contributed by atoms with Crippen molar-refractivity contribution in [2.24, 2.45) is 0 Å². The maximum Gasteiger partial charge on any atom is 0.0815 e. The molecule has 0 bridgehead atoms. The van der Waals surface area contributed by atoms with Gasteiger partial charge in [0.2, 0.25) is 0 Å². The largest absolute Gasteiger partial charge is 0.388 e. The van der Waals surface area contributed by atoms with Crippen molar-refractivity contribution >= 4 is 0 Å². The summed E-state index contributed by atoms with van der Waals surface area (Å²) in [6.07, 6.45) is 9.32. The summed E-state index contributed by atoms with van der Waals surface area (Å²) in [5.74, 6) is 0.192. The quantitative estimate of drug-likeness (QED) is 0.780. The summed E-state index contributed by atoms with van der Waals surface area (Å²) >= 11 is 0. The van der Waals surface area contributed by atoms with Crippen LogP contribution in [-0.4, -0.2) is 11.2 Å². The molecule has 1 N–H and O–H groups in total. The van der Waals surface area contributed by atoms with Crippen LogP contribution in [0.3, 0.4) is 0 Å². The van der Waals surface area contributed by atoms with E-state index in [0.717, 1.165) is 12.8 Å².